The summed E-state index contributed by atoms with van der Waals surface area (Å²) in [4.78, 5) is 22.1. The molecule has 1 heterocycles. The van der Waals surface area contributed by atoms with Crippen molar-refractivity contribution in [3.63, 3.8) is 0 Å². The highest BCUT2D eigenvalue weighted by molar-refractivity contribution is 5.76. The van der Waals surface area contributed by atoms with Gasteiger partial charge in [0.25, 0.3) is 0 Å². The Morgan fingerprint density at radius 3 is 2.43 bits per heavy atom. The molecule has 1 saturated heterocycles. The number of aliphatic carboxylic acids is 1. The van der Waals surface area contributed by atoms with E-state index in [0.717, 1.165) is 5.56 Å². The SMILES string of the molecule is NC(c1ccccc1)[C@@H](OC(=O)CCC(=O)O)C1OC1O. The van der Waals surface area contributed by atoms with Gasteiger partial charge in [-0.05, 0) is 5.56 Å². The number of carbonyl (C=O) groups is 2. The number of nitrogens with two attached hydrogens (primary N) is 1. The summed E-state index contributed by atoms with van der Waals surface area (Å²) in [6, 6.07) is 8.30. The van der Waals surface area contributed by atoms with Crippen molar-refractivity contribution in [1.82, 2.24) is 0 Å². The fourth-order valence-corrected chi connectivity index (χ4v) is 1.98. The maximum Gasteiger partial charge on any atom is 0.306 e. The van der Waals surface area contributed by atoms with Crippen LogP contribution in [0, 0.1) is 0 Å². The number of carboxylic acid groups (broad SMARTS) is 1. The number of rotatable bonds is 7. The van der Waals surface area contributed by atoms with Crippen LogP contribution in [0.3, 0.4) is 0 Å². The van der Waals surface area contributed by atoms with Crippen molar-refractivity contribution in [2.24, 2.45) is 5.73 Å². The lowest BCUT2D eigenvalue weighted by Crippen LogP contribution is -2.36. The molecular weight excluding hydrogens is 278 g/mol. The van der Waals surface area contributed by atoms with E-state index in [1.165, 1.54) is 0 Å². The molecule has 0 radical (unpaired) electrons. The summed E-state index contributed by atoms with van der Waals surface area (Å²) >= 11 is 0. The van der Waals surface area contributed by atoms with Crippen molar-refractivity contribution in [3.05, 3.63) is 35.9 Å². The quantitative estimate of drug-likeness (QED) is 0.484. The largest absolute Gasteiger partial charge is 0.481 e. The van der Waals surface area contributed by atoms with Crippen molar-refractivity contribution in [2.75, 3.05) is 0 Å². The van der Waals surface area contributed by atoms with E-state index in [9.17, 15) is 14.7 Å². The molecule has 0 bridgehead atoms. The highest BCUT2D eigenvalue weighted by Crippen LogP contribution is 2.32. The van der Waals surface area contributed by atoms with Crippen molar-refractivity contribution in [2.45, 2.75) is 37.4 Å². The minimum atomic E-state index is -1.08. The third kappa shape index (κ3) is 4.25. The molecule has 114 valence electrons. The number of benzene rings is 1. The zero-order valence-electron chi connectivity index (χ0n) is 11.2. The predicted molar refractivity (Wildman–Crippen MR) is 71.0 cm³/mol. The molecule has 0 aromatic heterocycles. The minimum Gasteiger partial charge on any atom is -0.481 e. The molecule has 2 rings (SSSR count). The van der Waals surface area contributed by atoms with Crippen molar-refractivity contribution in [3.8, 4) is 0 Å². The van der Waals surface area contributed by atoms with Crippen LogP contribution in [0.25, 0.3) is 0 Å². The number of epoxide rings is 1. The molecule has 1 aliphatic rings. The second-order valence-corrected chi connectivity index (χ2v) is 4.78. The Labute approximate surface area is 121 Å². The Hall–Kier alpha value is -1.96. The molecule has 0 saturated carbocycles. The third-order valence-electron chi connectivity index (χ3n) is 3.17. The smallest absolute Gasteiger partial charge is 0.306 e. The van der Waals surface area contributed by atoms with E-state index in [4.69, 9.17) is 20.3 Å². The first-order chi connectivity index (χ1) is 9.99. The Bertz CT molecular complexity index is 505. The Kier molecular flexibility index (Phi) is 4.89. The van der Waals surface area contributed by atoms with Crippen LogP contribution >= 0.6 is 0 Å². The number of carboxylic acids is 1. The summed E-state index contributed by atoms with van der Waals surface area (Å²) < 4.78 is 10.1. The number of esters is 1. The van der Waals surface area contributed by atoms with Gasteiger partial charge in [-0.15, -0.1) is 0 Å². The molecule has 3 unspecified atom stereocenters. The first kappa shape index (κ1) is 15.4. The van der Waals surface area contributed by atoms with Crippen LogP contribution in [0.5, 0.6) is 0 Å². The fourth-order valence-electron chi connectivity index (χ4n) is 1.98. The van der Waals surface area contributed by atoms with Gasteiger partial charge in [-0.25, -0.2) is 0 Å². The van der Waals surface area contributed by atoms with Crippen LogP contribution in [-0.2, 0) is 19.1 Å². The molecule has 4 atom stereocenters. The van der Waals surface area contributed by atoms with Gasteiger partial charge < -0.3 is 25.4 Å². The zero-order valence-corrected chi connectivity index (χ0v) is 11.2. The van der Waals surface area contributed by atoms with E-state index < -0.39 is 36.5 Å². The van der Waals surface area contributed by atoms with Gasteiger partial charge >= 0.3 is 11.9 Å². The summed E-state index contributed by atoms with van der Waals surface area (Å²) in [7, 11) is 0. The van der Waals surface area contributed by atoms with Crippen LogP contribution in [0.1, 0.15) is 24.4 Å². The van der Waals surface area contributed by atoms with Gasteiger partial charge in [0.2, 0.25) is 0 Å². The summed E-state index contributed by atoms with van der Waals surface area (Å²) in [5.74, 6) is -1.77. The summed E-state index contributed by atoms with van der Waals surface area (Å²) in [5.41, 5.74) is 6.79. The molecule has 0 amide bonds. The van der Waals surface area contributed by atoms with Crippen LogP contribution in [-0.4, -0.2) is 40.6 Å². The lowest BCUT2D eigenvalue weighted by Gasteiger charge is -2.22. The number of ether oxygens (including phenoxy) is 2. The zero-order chi connectivity index (χ0) is 15.4. The van der Waals surface area contributed by atoms with Gasteiger partial charge in [-0.3, -0.25) is 9.59 Å². The molecule has 1 fully saturated rings. The van der Waals surface area contributed by atoms with Crippen LogP contribution in [0.2, 0.25) is 0 Å². The Balaban J connectivity index is 2.01. The van der Waals surface area contributed by atoms with E-state index in [2.05, 4.69) is 0 Å². The lowest BCUT2D eigenvalue weighted by atomic mass is 10.00. The van der Waals surface area contributed by atoms with Gasteiger partial charge in [0, 0.05) is 0 Å². The van der Waals surface area contributed by atoms with Crippen LogP contribution in [0.15, 0.2) is 30.3 Å². The van der Waals surface area contributed by atoms with Gasteiger partial charge in [-0.1, -0.05) is 30.3 Å². The van der Waals surface area contributed by atoms with Crippen molar-refractivity contribution in [1.29, 1.82) is 0 Å². The first-order valence-corrected chi connectivity index (χ1v) is 6.54. The van der Waals surface area contributed by atoms with Crippen molar-refractivity contribution < 1.29 is 29.3 Å². The predicted octanol–water partition coefficient (Wildman–Crippen LogP) is 0.180. The lowest BCUT2D eigenvalue weighted by molar-refractivity contribution is -0.154. The van der Waals surface area contributed by atoms with E-state index >= 15 is 0 Å². The Morgan fingerprint density at radius 2 is 1.90 bits per heavy atom. The third-order valence-corrected chi connectivity index (χ3v) is 3.17. The number of aliphatic hydroxyl groups excluding tert-OH is 1. The monoisotopic (exact) mass is 295 g/mol. The molecule has 1 aromatic rings. The van der Waals surface area contributed by atoms with Crippen LogP contribution in [0.4, 0.5) is 0 Å². The van der Waals surface area contributed by atoms with E-state index in [1.54, 1.807) is 24.3 Å². The summed E-state index contributed by atoms with van der Waals surface area (Å²) in [5, 5.41) is 17.9. The maximum absolute atomic E-state index is 11.7. The average molecular weight is 295 g/mol. The second kappa shape index (κ2) is 6.66. The minimum absolute atomic E-state index is 0.254. The molecule has 1 aromatic carbocycles. The number of hydrogen-bond acceptors (Lipinski definition) is 6. The number of carbonyl (C=O) groups excluding carboxylic acids is 1. The van der Waals surface area contributed by atoms with E-state index in [0.29, 0.717) is 0 Å². The summed E-state index contributed by atoms with van der Waals surface area (Å²) in [6.07, 6.45) is -3.13. The van der Waals surface area contributed by atoms with E-state index in [-0.39, 0.29) is 12.8 Å². The topological polar surface area (TPSA) is 122 Å². The van der Waals surface area contributed by atoms with E-state index in [1.807, 2.05) is 6.07 Å². The number of aliphatic hydroxyl groups is 1. The van der Waals surface area contributed by atoms with Gasteiger partial charge in [-0.2, -0.15) is 0 Å². The highest BCUT2D eigenvalue weighted by atomic mass is 16.7. The second-order valence-electron chi connectivity index (χ2n) is 4.78. The summed E-state index contributed by atoms with van der Waals surface area (Å²) in [6.45, 7) is 0. The molecule has 21 heavy (non-hydrogen) atoms. The Morgan fingerprint density at radius 1 is 1.29 bits per heavy atom. The molecule has 7 nitrogen and oxygen atoms in total. The van der Waals surface area contributed by atoms with Crippen molar-refractivity contribution >= 4 is 11.9 Å². The average Bonchev–Trinajstić information content (AvgIpc) is 3.19. The van der Waals surface area contributed by atoms with Crippen LogP contribution < -0.4 is 5.73 Å². The normalized spacial score (nSPS) is 23.1. The standard InChI is InChI=1S/C14H17NO6/c15-11(8-4-2-1-3-5-8)12(13-14(19)21-13)20-10(18)7-6-9(16)17/h1-5,11-14,19H,6-7,15H2,(H,16,17)/t11?,12-,13?,14?/m1/s1. The molecule has 1 aliphatic heterocycles. The molecule has 7 heteroatoms. The first-order valence-electron chi connectivity index (χ1n) is 6.54. The molecular formula is C14H17NO6. The van der Waals surface area contributed by atoms with Gasteiger partial charge in [0.1, 0.15) is 0 Å². The molecule has 4 N–H and O–H groups in total. The van der Waals surface area contributed by atoms with Gasteiger partial charge in [0.15, 0.2) is 18.5 Å². The maximum atomic E-state index is 11.7. The fraction of sp³-hybridized carbons (Fsp3) is 0.429. The molecule has 0 aliphatic carbocycles. The molecule has 0 spiro atoms. The highest BCUT2D eigenvalue weighted by Gasteiger charge is 2.48. The number of hydrogen-bond donors (Lipinski definition) is 3. The van der Waals surface area contributed by atoms with Gasteiger partial charge in [0.05, 0.1) is 18.9 Å².